The third-order valence-electron chi connectivity index (χ3n) is 7.69. The van der Waals surface area contributed by atoms with Crippen molar-refractivity contribution in [3.8, 4) is 22.8 Å². The van der Waals surface area contributed by atoms with E-state index in [1.807, 2.05) is 60.7 Å². The summed E-state index contributed by atoms with van der Waals surface area (Å²) < 4.78 is 1.05. The number of fused-ring (bicyclic) bond motifs is 3. The molecule has 0 aliphatic carbocycles. The van der Waals surface area contributed by atoms with Gasteiger partial charge in [0.05, 0.1) is 28.4 Å². The molecule has 0 unspecified atom stereocenters. The maximum atomic E-state index is 5.09. The number of nitrogens with zero attached hydrogens (tertiary/aromatic N) is 5. The Kier molecular flexibility index (Phi) is 6.20. The number of halogens is 1. The maximum absolute atomic E-state index is 5.09. The van der Waals surface area contributed by atoms with Crippen LogP contribution >= 0.6 is 15.9 Å². The molecule has 2 heterocycles. The summed E-state index contributed by atoms with van der Waals surface area (Å²) in [5, 5.41) is 2.32. The van der Waals surface area contributed by atoms with Gasteiger partial charge in [-0.3, -0.25) is 4.90 Å². The van der Waals surface area contributed by atoms with Crippen molar-refractivity contribution in [3.05, 3.63) is 150 Å². The van der Waals surface area contributed by atoms with Crippen molar-refractivity contribution >= 4 is 61.1 Å². The van der Waals surface area contributed by atoms with Gasteiger partial charge in [-0.15, -0.1) is 0 Å². The van der Waals surface area contributed by atoms with E-state index in [4.69, 9.17) is 15.0 Å². The van der Waals surface area contributed by atoms with E-state index in [0.717, 1.165) is 49.4 Å². The topological polar surface area (TPSA) is 45.2 Å². The average molecular weight is 619 g/mol. The summed E-state index contributed by atoms with van der Waals surface area (Å²) in [5.74, 6) is 1.81. The summed E-state index contributed by atoms with van der Waals surface area (Å²) in [6, 6.07) is 49.8. The maximum Gasteiger partial charge on any atom is 0.238 e. The van der Waals surface area contributed by atoms with Crippen LogP contribution in [0.5, 0.6) is 0 Å². The number of aromatic nitrogens is 3. The molecular weight excluding hydrogens is 594 g/mol. The number of benzene rings is 6. The second-order valence-electron chi connectivity index (χ2n) is 10.3. The summed E-state index contributed by atoms with van der Waals surface area (Å²) in [7, 11) is 0. The van der Waals surface area contributed by atoms with Crippen LogP contribution < -0.4 is 9.80 Å². The van der Waals surface area contributed by atoms with E-state index in [2.05, 4.69) is 111 Å². The molecule has 1 aliphatic rings. The molecule has 6 aromatic carbocycles. The highest BCUT2D eigenvalue weighted by atomic mass is 79.9. The van der Waals surface area contributed by atoms with Crippen molar-refractivity contribution in [3.63, 3.8) is 0 Å². The lowest BCUT2D eigenvalue weighted by molar-refractivity contribution is 1.01. The van der Waals surface area contributed by atoms with Crippen LogP contribution in [0.25, 0.3) is 33.5 Å². The van der Waals surface area contributed by atoms with E-state index in [-0.39, 0.29) is 0 Å². The SMILES string of the molecule is Brc1cccc2cccc(N3c4ccccc4N(c4nc(-c5ccccc5)nc(-c5ccccc5)n4)c4ccccc43)c12. The molecule has 0 radical (unpaired) electrons. The minimum atomic E-state index is 0.561. The summed E-state index contributed by atoms with van der Waals surface area (Å²) in [6.07, 6.45) is 0. The molecule has 0 bridgehead atoms. The molecule has 7 aromatic rings. The first-order valence-corrected chi connectivity index (χ1v) is 14.9. The van der Waals surface area contributed by atoms with E-state index < -0.39 is 0 Å². The number of hydrogen-bond acceptors (Lipinski definition) is 5. The molecule has 1 aliphatic heterocycles. The third-order valence-corrected chi connectivity index (χ3v) is 8.35. The van der Waals surface area contributed by atoms with E-state index >= 15 is 0 Å². The number of hydrogen-bond donors (Lipinski definition) is 0. The molecule has 0 saturated heterocycles. The van der Waals surface area contributed by atoms with Crippen LogP contribution in [0.15, 0.2) is 150 Å². The Hall–Kier alpha value is -5.33. The van der Waals surface area contributed by atoms with Gasteiger partial charge >= 0.3 is 0 Å². The lowest BCUT2D eigenvalue weighted by Gasteiger charge is -2.39. The van der Waals surface area contributed by atoms with Gasteiger partial charge in [0.15, 0.2) is 11.6 Å². The van der Waals surface area contributed by atoms with Crippen molar-refractivity contribution < 1.29 is 0 Å². The Morgan fingerprint density at radius 1 is 0.395 bits per heavy atom. The van der Waals surface area contributed by atoms with E-state index in [0.29, 0.717) is 17.6 Å². The molecule has 43 heavy (non-hydrogen) atoms. The van der Waals surface area contributed by atoms with Gasteiger partial charge < -0.3 is 4.90 Å². The van der Waals surface area contributed by atoms with E-state index in [9.17, 15) is 0 Å². The zero-order valence-electron chi connectivity index (χ0n) is 23.0. The third kappa shape index (κ3) is 4.35. The van der Waals surface area contributed by atoms with Gasteiger partial charge in [-0.25, -0.2) is 4.98 Å². The lowest BCUT2D eigenvalue weighted by Crippen LogP contribution is -2.25. The fourth-order valence-electron chi connectivity index (χ4n) is 5.78. The highest BCUT2D eigenvalue weighted by Gasteiger charge is 2.33. The first-order valence-electron chi connectivity index (χ1n) is 14.1. The molecule has 0 saturated carbocycles. The molecule has 0 amide bonds. The average Bonchev–Trinajstić information content (AvgIpc) is 3.07. The van der Waals surface area contributed by atoms with Crippen molar-refractivity contribution in [2.45, 2.75) is 0 Å². The molecule has 6 heteroatoms. The van der Waals surface area contributed by atoms with E-state index in [1.54, 1.807) is 0 Å². The highest BCUT2D eigenvalue weighted by molar-refractivity contribution is 9.10. The lowest BCUT2D eigenvalue weighted by atomic mass is 10.0. The summed E-state index contributed by atoms with van der Waals surface area (Å²) in [6.45, 7) is 0. The van der Waals surface area contributed by atoms with Crippen LogP contribution in [0.3, 0.4) is 0 Å². The molecule has 0 fully saturated rings. The van der Waals surface area contributed by atoms with Gasteiger partial charge in [-0.05, 0) is 41.8 Å². The molecule has 204 valence electrons. The summed E-state index contributed by atoms with van der Waals surface area (Å²) in [4.78, 5) is 19.6. The Morgan fingerprint density at radius 3 is 1.37 bits per heavy atom. The molecule has 0 atom stereocenters. The Bertz CT molecular complexity index is 2000. The van der Waals surface area contributed by atoms with Gasteiger partial charge in [-0.2, -0.15) is 9.97 Å². The smallest absolute Gasteiger partial charge is 0.238 e. The summed E-state index contributed by atoms with van der Waals surface area (Å²) >= 11 is 3.84. The van der Waals surface area contributed by atoms with Crippen molar-refractivity contribution in [2.24, 2.45) is 0 Å². The number of para-hydroxylation sites is 4. The van der Waals surface area contributed by atoms with Crippen LogP contribution in [0, 0.1) is 0 Å². The van der Waals surface area contributed by atoms with Gasteiger partial charge in [0.2, 0.25) is 5.95 Å². The highest BCUT2D eigenvalue weighted by Crippen LogP contribution is 2.54. The molecule has 5 nitrogen and oxygen atoms in total. The zero-order chi connectivity index (χ0) is 28.8. The van der Waals surface area contributed by atoms with Gasteiger partial charge in [0, 0.05) is 21.0 Å². The molecule has 8 rings (SSSR count). The first-order chi connectivity index (χ1) is 21.3. The minimum absolute atomic E-state index is 0.561. The van der Waals surface area contributed by atoms with Crippen molar-refractivity contribution in [1.82, 2.24) is 15.0 Å². The monoisotopic (exact) mass is 617 g/mol. The normalized spacial score (nSPS) is 12.2. The van der Waals surface area contributed by atoms with Crippen LogP contribution in [0.1, 0.15) is 0 Å². The van der Waals surface area contributed by atoms with Gasteiger partial charge in [0.25, 0.3) is 0 Å². The standard InChI is InChI=1S/C37H24BrN5/c38-28-19-11-17-25-18-12-24-33(34(25)28)42-29-20-7-9-22-31(29)43(32-23-10-8-21-30(32)42)37-40-35(26-13-3-1-4-14-26)39-36(41-37)27-15-5-2-6-16-27/h1-24H. The molecule has 0 spiro atoms. The Labute approximate surface area is 257 Å². The van der Waals surface area contributed by atoms with Crippen molar-refractivity contribution in [1.29, 1.82) is 0 Å². The minimum Gasteiger partial charge on any atom is -0.306 e. The van der Waals surface area contributed by atoms with Crippen LogP contribution in [-0.4, -0.2) is 15.0 Å². The van der Waals surface area contributed by atoms with Gasteiger partial charge in [0.1, 0.15) is 0 Å². The van der Waals surface area contributed by atoms with Gasteiger partial charge in [-0.1, -0.05) is 125 Å². The largest absolute Gasteiger partial charge is 0.306 e. The molecular formula is C37H24BrN5. The fourth-order valence-corrected chi connectivity index (χ4v) is 6.36. The fraction of sp³-hybridized carbons (Fsp3) is 0. The summed E-state index contributed by atoms with van der Waals surface area (Å²) in [5.41, 5.74) is 6.99. The van der Waals surface area contributed by atoms with Crippen LogP contribution in [-0.2, 0) is 0 Å². The quantitative estimate of drug-likeness (QED) is 0.196. The Balaban J connectivity index is 1.39. The zero-order valence-corrected chi connectivity index (χ0v) is 24.6. The number of anilines is 6. The Morgan fingerprint density at radius 2 is 0.837 bits per heavy atom. The number of rotatable bonds is 4. The predicted molar refractivity (Wildman–Crippen MR) is 179 cm³/mol. The van der Waals surface area contributed by atoms with Crippen molar-refractivity contribution in [2.75, 3.05) is 9.80 Å². The van der Waals surface area contributed by atoms with Crippen LogP contribution in [0.2, 0.25) is 0 Å². The molecule has 0 N–H and O–H groups in total. The second-order valence-corrected chi connectivity index (χ2v) is 11.1. The second kappa shape index (κ2) is 10.5. The van der Waals surface area contributed by atoms with Crippen LogP contribution in [0.4, 0.5) is 34.4 Å². The van der Waals surface area contributed by atoms with E-state index in [1.165, 1.54) is 5.39 Å². The predicted octanol–water partition coefficient (Wildman–Crippen LogP) is 10.4. The molecule has 1 aromatic heterocycles. The first kappa shape index (κ1) is 25.4.